The molecule has 0 radical (unpaired) electrons. The van der Waals surface area contributed by atoms with Crippen molar-refractivity contribution in [3.63, 3.8) is 0 Å². The lowest BCUT2D eigenvalue weighted by Gasteiger charge is -2.39. The Balaban J connectivity index is 1.37. The highest BCUT2D eigenvalue weighted by Crippen LogP contribution is 2.37. The van der Waals surface area contributed by atoms with Crippen LogP contribution in [0, 0.1) is 17.6 Å². The van der Waals surface area contributed by atoms with Crippen LogP contribution in [0.5, 0.6) is 23.0 Å². The van der Waals surface area contributed by atoms with Gasteiger partial charge < -0.3 is 24.8 Å². The molecule has 1 aliphatic heterocycles. The number of aromatic nitrogens is 1. The maximum atomic E-state index is 15.1. The van der Waals surface area contributed by atoms with Gasteiger partial charge in [0, 0.05) is 42.0 Å². The summed E-state index contributed by atoms with van der Waals surface area (Å²) in [4.78, 5) is 46.0. The summed E-state index contributed by atoms with van der Waals surface area (Å²) >= 11 is 0. The van der Waals surface area contributed by atoms with Crippen LogP contribution >= 0.6 is 0 Å². The van der Waals surface area contributed by atoms with Gasteiger partial charge >= 0.3 is 6.03 Å². The predicted molar refractivity (Wildman–Crippen MR) is 150 cm³/mol. The molecule has 0 spiro atoms. The van der Waals surface area contributed by atoms with Crippen LogP contribution in [-0.4, -0.2) is 52.5 Å². The molecule has 4 amide bonds. The van der Waals surface area contributed by atoms with E-state index >= 15 is 4.39 Å². The minimum absolute atomic E-state index is 0.0603. The maximum Gasteiger partial charge on any atom is 0.331 e. The zero-order valence-electron chi connectivity index (χ0n) is 22.8. The quantitative estimate of drug-likeness (QED) is 0.281. The number of halogens is 2. The number of ether oxygens (including phenoxy) is 2. The Kier molecular flexibility index (Phi) is 7.62. The fraction of sp³-hybridized carbons (Fsp3) is 0.200. The number of methoxy groups -OCH3 is 1. The minimum atomic E-state index is -1.30. The van der Waals surface area contributed by atoms with E-state index in [1.54, 1.807) is 13.8 Å². The van der Waals surface area contributed by atoms with Gasteiger partial charge in [0.15, 0.2) is 23.1 Å². The highest BCUT2D eigenvalue weighted by atomic mass is 19.1. The van der Waals surface area contributed by atoms with E-state index in [1.165, 1.54) is 60.7 Å². The number of rotatable bonds is 7. The maximum absolute atomic E-state index is 15.1. The van der Waals surface area contributed by atoms with Crippen LogP contribution in [0.15, 0.2) is 66.9 Å². The molecule has 4 aromatic rings. The average Bonchev–Trinajstić information content (AvgIpc) is 2.95. The fourth-order valence-electron chi connectivity index (χ4n) is 4.58. The first-order valence-electron chi connectivity index (χ1n) is 12.9. The van der Waals surface area contributed by atoms with Gasteiger partial charge in [-0.25, -0.2) is 18.5 Å². The second-order valence-corrected chi connectivity index (χ2v) is 9.82. The van der Waals surface area contributed by atoms with E-state index in [9.17, 15) is 23.9 Å². The molecule has 1 fully saturated rings. The number of phenols is 1. The second kappa shape index (κ2) is 11.3. The normalized spacial score (nSPS) is 15.3. The lowest BCUT2D eigenvalue weighted by Crippen LogP contribution is -2.61. The second-order valence-electron chi connectivity index (χ2n) is 9.82. The Morgan fingerprint density at radius 2 is 1.76 bits per heavy atom. The molecule has 0 bridgehead atoms. The van der Waals surface area contributed by atoms with Crippen molar-refractivity contribution < 1.29 is 37.7 Å². The average molecular weight is 577 g/mol. The molecule has 10 nitrogen and oxygen atoms in total. The summed E-state index contributed by atoms with van der Waals surface area (Å²) in [6.07, 6.45) is 1.44. The van der Waals surface area contributed by atoms with E-state index in [4.69, 9.17) is 9.47 Å². The molecule has 0 saturated carbocycles. The molecule has 2 heterocycles. The summed E-state index contributed by atoms with van der Waals surface area (Å²) in [5.74, 6) is -4.00. The largest absolute Gasteiger partial charge is 0.504 e. The number of carbonyl (C=O) groups excluding carboxylic acids is 3. The number of urea groups is 1. The molecule has 1 aromatic heterocycles. The zero-order chi connectivity index (χ0) is 30.1. The third-order valence-electron chi connectivity index (χ3n) is 6.78. The summed E-state index contributed by atoms with van der Waals surface area (Å²) in [6.45, 7) is 3.30. The molecule has 5 rings (SSSR count). The molecular weight excluding hydrogens is 550 g/mol. The van der Waals surface area contributed by atoms with Crippen LogP contribution in [0.1, 0.15) is 13.8 Å². The summed E-state index contributed by atoms with van der Waals surface area (Å²) < 4.78 is 39.5. The van der Waals surface area contributed by atoms with Crippen LogP contribution in [-0.2, 0) is 9.59 Å². The number of fused-ring (bicyclic) bond motifs is 1. The molecule has 3 aromatic carbocycles. The van der Waals surface area contributed by atoms with Gasteiger partial charge in [-0.15, -0.1) is 0 Å². The van der Waals surface area contributed by atoms with Gasteiger partial charge in [-0.3, -0.25) is 14.6 Å². The lowest BCUT2D eigenvalue weighted by molar-refractivity contribution is -0.132. The van der Waals surface area contributed by atoms with Gasteiger partial charge in [0.2, 0.25) is 11.8 Å². The summed E-state index contributed by atoms with van der Waals surface area (Å²) in [5.41, 5.74) is 0.583. The van der Waals surface area contributed by atoms with Crippen LogP contribution in [0.2, 0.25) is 0 Å². The lowest BCUT2D eigenvalue weighted by atomic mass is 10.0. The number of imide groups is 1. The molecule has 2 N–H and O–H groups in total. The Morgan fingerprint density at radius 3 is 2.43 bits per heavy atom. The SMILES string of the molecule is COc1cc2c(Oc3ccc(NC(=O)C4CN(C(C)C)C(=O)N(c5ccc(F)cc5)C4=O)cc3F)ccnc2cc1O. The Bertz CT molecular complexity index is 1700. The molecular formula is C30H26F2N4O6. The highest BCUT2D eigenvalue weighted by Gasteiger charge is 2.44. The van der Waals surface area contributed by atoms with Crippen molar-refractivity contribution in [1.82, 2.24) is 9.88 Å². The standard InChI is InChI=1S/C30H26F2N4O6/c1-16(2)35-15-21(29(39)36(30(35)40)19-7-4-17(31)5-8-19)28(38)34-18-6-9-26(22(32)12-18)42-25-10-11-33-23-14-24(37)27(41-3)13-20(23)25/h4-14,16,21,37H,15H2,1-3H3,(H,34,38). The van der Waals surface area contributed by atoms with E-state index in [1.807, 2.05) is 0 Å². The smallest absolute Gasteiger partial charge is 0.331 e. The van der Waals surface area contributed by atoms with Gasteiger partial charge in [-0.1, -0.05) is 0 Å². The first-order chi connectivity index (χ1) is 20.1. The predicted octanol–water partition coefficient (Wildman–Crippen LogP) is 5.45. The zero-order valence-corrected chi connectivity index (χ0v) is 22.8. The van der Waals surface area contributed by atoms with E-state index < -0.39 is 35.4 Å². The number of nitrogens with zero attached hydrogens (tertiary/aromatic N) is 3. The van der Waals surface area contributed by atoms with Crippen molar-refractivity contribution in [3.8, 4) is 23.0 Å². The van der Waals surface area contributed by atoms with Crippen molar-refractivity contribution in [2.24, 2.45) is 5.92 Å². The Hall–Kier alpha value is -5.26. The Labute approximate surface area is 239 Å². The fourth-order valence-corrected chi connectivity index (χ4v) is 4.58. The van der Waals surface area contributed by atoms with Crippen molar-refractivity contribution in [2.75, 3.05) is 23.9 Å². The Morgan fingerprint density at radius 1 is 1.02 bits per heavy atom. The molecule has 216 valence electrons. The molecule has 1 saturated heterocycles. The number of anilines is 2. The number of amides is 4. The monoisotopic (exact) mass is 576 g/mol. The third kappa shape index (κ3) is 5.38. The number of hydrogen-bond donors (Lipinski definition) is 2. The molecule has 12 heteroatoms. The number of hydrogen-bond acceptors (Lipinski definition) is 7. The van der Waals surface area contributed by atoms with Gasteiger partial charge in [-0.05, 0) is 62.4 Å². The molecule has 1 atom stereocenters. The van der Waals surface area contributed by atoms with Gasteiger partial charge in [0.25, 0.3) is 0 Å². The van der Waals surface area contributed by atoms with E-state index in [2.05, 4.69) is 10.3 Å². The van der Waals surface area contributed by atoms with Gasteiger partial charge in [0.1, 0.15) is 17.5 Å². The van der Waals surface area contributed by atoms with Crippen molar-refractivity contribution in [1.29, 1.82) is 0 Å². The van der Waals surface area contributed by atoms with Crippen LogP contribution in [0.3, 0.4) is 0 Å². The first kappa shape index (κ1) is 28.3. The van der Waals surface area contributed by atoms with E-state index in [-0.39, 0.29) is 47.0 Å². The number of aromatic hydroxyl groups is 1. The number of nitrogens with one attached hydrogen (secondary N) is 1. The van der Waals surface area contributed by atoms with E-state index in [0.29, 0.717) is 10.9 Å². The highest BCUT2D eigenvalue weighted by molar-refractivity contribution is 6.23. The van der Waals surface area contributed by atoms with Crippen LogP contribution in [0.25, 0.3) is 10.9 Å². The summed E-state index contributed by atoms with van der Waals surface area (Å²) in [5, 5.41) is 13.0. The first-order valence-corrected chi connectivity index (χ1v) is 12.9. The molecule has 0 aliphatic carbocycles. The number of pyridine rings is 1. The minimum Gasteiger partial charge on any atom is -0.504 e. The topological polar surface area (TPSA) is 121 Å². The van der Waals surface area contributed by atoms with E-state index in [0.717, 1.165) is 23.1 Å². The van der Waals surface area contributed by atoms with Crippen LogP contribution < -0.4 is 19.7 Å². The van der Waals surface area contributed by atoms with Gasteiger partial charge in [-0.2, -0.15) is 0 Å². The molecule has 1 aliphatic rings. The number of phenolic OH excluding ortho intramolecular Hbond substituents is 1. The summed E-state index contributed by atoms with van der Waals surface area (Å²) in [6, 6.07) is 12.0. The third-order valence-corrected chi connectivity index (χ3v) is 6.78. The van der Waals surface area contributed by atoms with Gasteiger partial charge in [0.05, 0.1) is 18.3 Å². The summed E-state index contributed by atoms with van der Waals surface area (Å²) in [7, 11) is 1.39. The molecule has 1 unspecified atom stereocenters. The number of carbonyl (C=O) groups is 3. The van der Waals surface area contributed by atoms with Crippen molar-refractivity contribution in [3.05, 3.63) is 78.5 Å². The number of benzene rings is 3. The van der Waals surface area contributed by atoms with Crippen molar-refractivity contribution >= 4 is 40.1 Å². The van der Waals surface area contributed by atoms with Crippen molar-refractivity contribution in [2.45, 2.75) is 19.9 Å². The van der Waals surface area contributed by atoms with Crippen LogP contribution in [0.4, 0.5) is 25.0 Å². The molecule has 42 heavy (non-hydrogen) atoms.